The molecule has 1 N–H and O–H groups in total. The topological polar surface area (TPSA) is 50.1 Å². The molecule has 0 aromatic heterocycles. The SMILES string of the molecule is CCCCCC(Oc1ccccc1)C(=N)C(=O)c1ccc(Sc2ccccc2)cc1. The molecule has 0 amide bonds. The van der Waals surface area contributed by atoms with E-state index in [4.69, 9.17) is 10.1 Å². The van der Waals surface area contributed by atoms with Gasteiger partial charge in [-0.15, -0.1) is 0 Å². The van der Waals surface area contributed by atoms with Crippen LogP contribution in [0.15, 0.2) is 94.7 Å². The summed E-state index contributed by atoms with van der Waals surface area (Å²) in [5, 5.41) is 8.53. The zero-order valence-corrected chi connectivity index (χ0v) is 18.0. The van der Waals surface area contributed by atoms with Crippen molar-refractivity contribution in [3.8, 4) is 5.75 Å². The van der Waals surface area contributed by atoms with Gasteiger partial charge in [0.05, 0.1) is 0 Å². The predicted octanol–water partition coefficient (Wildman–Crippen LogP) is 7.07. The number of unbranched alkanes of at least 4 members (excludes halogenated alkanes) is 2. The second-order valence-corrected chi connectivity index (χ2v) is 8.24. The van der Waals surface area contributed by atoms with Gasteiger partial charge in [0.2, 0.25) is 5.78 Å². The van der Waals surface area contributed by atoms with Gasteiger partial charge in [-0.25, -0.2) is 0 Å². The molecule has 0 saturated carbocycles. The van der Waals surface area contributed by atoms with E-state index in [0.29, 0.717) is 17.7 Å². The molecule has 0 bridgehead atoms. The minimum absolute atomic E-state index is 0.0124. The molecule has 0 aliphatic rings. The van der Waals surface area contributed by atoms with E-state index in [9.17, 15) is 4.79 Å². The average Bonchev–Trinajstić information content (AvgIpc) is 2.79. The minimum atomic E-state index is -0.537. The summed E-state index contributed by atoms with van der Waals surface area (Å²) in [6, 6.07) is 27.0. The quantitative estimate of drug-likeness (QED) is 0.206. The summed E-state index contributed by atoms with van der Waals surface area (Å²) in [5.74, 6) is 0.412. The molecule has 3 nitrogen and oxygen atoms in total. The summed E-state index contributed by atoms with van der Waals surface area (Å²) < 4.78 is 6.02. The molecule has 30 heavy (non-hydrogen) atoms. The van der Waals surface area contributed by atoms with E-state index in [1.807, 2.05) is 60.7 Å². The molecule has 3 aromatic rings. The summed E-state index contributed by atoms with van der Waals surface area (Å²) in [6.45, 7) is 2.14. The molecule has 0 saturated heterocycles. The number of Topliss-reactive ketones (excluding diaryl/α,β-unsaturated/α-hetero) is 1. The van der Waals surface area contributed by atoms with E-state index in [0.717, 1.165) is 29.1 Å². The smallest absolute Gasteiger partial charge is 0.210 e. The fourth-order valence-corrected chi connectivity index (χ4v) is 3.94. The Morgan fingerprint density at radius 2 is 1.47 bits per heavy atom. The van der Waals surface area contributed by atoms with Gasteiger partial charge in [0.1, 0.15) is 17.6 Å². The Kier molecular flexibility index (Phi) is 8.28. The largest absolute Gasteiger partial charge is 0.484 e. The van der Waals surface area contributed by atoms with E-state index in [1.54, 1.807) is 23.9 Å². The van der Waals surface area contributed by atoms with E-state index < -0.39 is 6.10 Å². The van der Waals surface area contributed by atoms with Crippen LogP contribution >= 0.6 is 11.8 Å². The van der Waals surface area contributed by atoms with Crippen molar-refractivity contribution in [3.63, 3.8) is 0 Å². The van der Waals surface area contributed by atoms with Crippen molar-refractivity contribution < 1.29 is 9.53 Å². The summed E-state index contributed by atoms with van der Waals surface area (Å²) in [6.07, 6.45) is 3.19. The molecular weight excluding hydrogens is 390 g/mol. The van der Waals surface area contributed by atoms with Crippen LogP contribution in [-0.2, 0) is 0 Å². The van der Waals surface area contributed by atoms with Gasteiger partial charge in [0.25, 0.3) is 0 Å². The maximum Gasteiger partial charge on any atom is 0.210 e. The molecule has 1 atom stereocenters. The summed E-state index contributed by atoms with van der Waals surface area (Å²) in [5.41, 5.74) is 0.535. The molecule has 0 fully saturated rings. The number of rotatable bonds is 11. The van der Waals surface area contributed by atoms with Crippen molar-refractivity contribution in [2.24, 2.45) is 0 Å². The number of nitrogens with one attached hydrogen (secondary N) is 1. The van der Waals surface area contributed by atoms with Gasteiger partial charge in [-0.3, -0.25) is 10.2 Å². The van der Waals surface area contributed by atoms with Crippen LogP contribution in [0.25, 0.3) is 0 Å². The van der Waals surface area contributed by atoms with Crippen molar-refractivity contribution in [1.82, 2.24) is 0 Å². The fourth-order valence-electron chi connectivity index (χ4n) is 3.11. The van der Waals surface area contributed by atoms with Crippen LogP contribution in [0.2, 0.25) is 0 Å². The van der Waals surface area contributed by atoms with Crippen LogP contribution in [-0.4, -0.2) is 17.6 Å². The van der Waals surface area contributed by atoms with Crippen LogP contribution < -0.4 is 4.74 Å². The lowest BCUT2D eigenvalue weighted by molar-refractivity contribution is 0.104. The molecular formula is C26H27NO2S. The molecule has 0 aliphatic heterocycles. The van der Waals surface area contributed by atoms with Crippen LogP contribution in [0.1, 0.15) is 43.0 Å². The van der Waals surface area contributed by atoms with E-state index >= 15 is 0 Å². The first-order valence-electron chi connectivity index (χ1n) is 10.3. The van der Waals surface area contributed by atoms with Crippen LogP contribution in [0.5, 0.6) is 5.75 Å². The number of hydrogen-bond donors (Lipinski definition) is 1. The van der Waals surface area contributed by atoms with Gasteiger partial charge < -0.3 is 4.74 Å². The molecule has 0 spiro atoms. The Balaban J connectivity index is 1.69. The Hall–Kier alpha value is -2.85. The standard InChI is InChI=1S/C26H27NO2S/c1-2-3-6-15-24(29-21-11-7-4-8-12-21)25(27)26(28)20-16-18-23(19-17-20)30-22-13-9-5-10-14-22/h4-5,7-14,16-19,24,27H,2-3,6,15H2,1H3. The normalized spacial score (nSPS) is 11.6. The number of para-hydroxylation sites is 1. The zero-order chi connectivity index (χ0) is 21.2. The van der Waals surface area contributed by atoms with E-state index in [1.165, 1.54) is 0 Å². The molecule has 4 heteroatoms. The minimum Gasteiger partial charge on any atom is -0.484 e. The third-order valence-electron chi connectivity index (χ3n) is 4.75. The highest BCUT2D eigenvalue weighted by atomic mass is 32.2. The molecule has 0 aliphatic carbocycles. The number of benzene rings is 3. The molecule has 3 rings (SSSR count). The molecule has 1 unspecified atom stereocenters. The number of hydrogen-bond acceptors (Lipinski definition) is 4. The maximum absolute atomic E-state index is 13.0. The number of ether oxygens (including phenoxy) is 1. The van der Waals surface area contributed by atoms with Gasteiger partial charge in [-0.2, -0.15) is 0 Å². The van der Waals surface area contributed by atoms with Gasteiger partial charge >= 0.3 is 0 Å². The Morgan fingerprint density at radius 1 is 0.867 bits per heavy atom. The Bertz CT molecular complexity index is 940. The maximum atomic E-state index is 13.0. The first kappa shape index (κ1) is 21.8. The first-order valence-corrected chi connectivity index (χ1v) is 11.2. The van der Waals surface area contributed by atoms with Crippen molar-refractivity contribution >= 4 is 23.3 Å². The Labute approximate surface area is 183 Å². The van der Waals surface area contributed by atoms with Crippen molar-refractivity contribution in [2.45, 2.75) is 48.5 Å². The van der Waals surface area contributed by atoms with Crippen molar-refractivity contribution in [2.75, 3.05) is 0 Å². The van der Waals surface area contributed by atoms with Gasteiger partial charge in [0, 0.05) is 15.4 Å². The third kappa shape index (κ3) is 6.33. The summed E-state index contributed by atoms with van der Waals surface area (Å²) in [4.78, 5) is 15.2. The fraction of sp³-hybridized carbons (Fsp3) is 0.231. The van der Waals surface area contributed by atoms with Gasteiger partial charge in [-0.05, 0) is 61.4 Å². The Morgan fingerprint density at radius 3 is 2.10 bits per heavy atom. The lowest BCUT2D eigenvalue weighted by Crippen LogP contribution is -2.33. The van der Waals surface area contributed by atoms with Crippen molar-refractivity contribution in [1.29, 1.82) is 5.41 Å². The predicted molar refractivity (Wildman–Crippen MR) is 124 cm³/mol. The van der Waals surface area contributed by atoms with Crippen LogP contribution in [0.3, 0.4) is 0 Å². The monoisotopic (exact) mass is 417 g/mol. The highest BCUT2D eigenvalue weighted by molar-refractivity contribution is 7.99. The van der Waals surface area contributed by atoms with E-state index in [2.05, 4.69) is 19.1 Å². The van der Waals surface area contributed by atoms with Crippen LogP contribution in [0.4, 0.5) is 0 Å². The lowest BCUT2D eigenvalue weighted by Gasteiger charge is -2.19. The van der Waals surface area contributed by atoms with Gasteiger partial charge in [0.15, 0.2) is 0 Å². The first-order chi connectivity index (χ1) is 14.7. The average molecular weight is 418 g/mol. The molecule has 3 aromatic carbocycles. The number of ketones is 1. The highest BCUT2D eigenvalue weighted by Gasteiger charge is 2.24. The lowest BCUT2D eigenvalue weighted by atomic mass is 9.99. The summed E-state index contributed by atoms with van der Waals surface area (Å²) in [7, 11) is 0. The highest BCUT2D eigenvalue weighted by Crippen LogP contribution is 2.27. The molecule has 0 heterocycles. The summed E-state index contributed by atoms with van der Waals surface area (Å²) >= 11 is 1.65. The number of carbonyl (C=O) groups excluding carboxylic acids is 1. The number of carbonyl (C=O) groups is 1. The molecule has 154 valence electrons. The third-order valence-corrected chi connectivity index (χ3v) is 5.77. The van der Waals surface area contributed by atoms with Crippen molar-refractivity contribution in [3.05, 3.63) is 90.5 Å². The van der Waals surface area contributed by atoms with Crippen LogP contribution in [0, 0.1) is 5.41 Å². The molecule has 0 radical (unpaired) electrons. The second-order valence-electron chi connectivity index (χ2n) is 7.10. The zero-order valence-electron chi connectivity index (χ0n) is 17.2. The van der Waals surface area contributed by atoms with Gasteiger partial charge in [-0.1, -0.05) is 67.9 Å². The second kappa shape index (κ2) is 11.4. The van der Waals surface area contributed by atoms with E-state index in [-0.39, 0.29) is 11.5 Å².